The first-order valence-corrected chi connectivity index (χ1v) is 8.52. The highest BCUT2D eigenvalue weighted by atomic mass is 32.1. The molecule has 0 unspecified atom stereocenters. The Kier molecular flexibility index (Phi) is 4.20. The van der Waals surface area contributed by atoms with Gasteiger partial charge in [0.25, 0.3) is 0 Å². The Hall–Kier alpha value is -0.450. The summed E-state index contributed by atoms with van der Waals surface area (Å²) < 4.78 is 0. The first-order valence-electron chi connectivity index (χ1n) is 7.64. The van der Waals surface area contributed by atoms with E-state index in [0.717, 1.165) is 13.0 Å². The molecule has 1 N–H and O–H groups in total. The molecule has 0 bridgehead atoms. The second-order valence-electron chi connectivity index (χ2n) is 6.15. The van der Waals surface area contributed by atoms with Gasteiger partial charge in [-0.3, -0.25) is 4.90 Å². The van der Waals surface area contributed by atoms with Gasteiger partial charge in [-0.05, 0) is 19.8 Å². The first-order chi connectivity index (χ1) is 9.26. The third kappa shape index (κ3) is 3.36. The van der Waals surface area contributed by atoms with Gasteiger partial charge in [-0.15, -0.1) is 11.3 Å². The summed E-state index contributed by atoms with van der Waals surface area (Å²) in [5, 5.41) is 7.22. The molecule has 1 aromatic rings. The van der Waals surface area contributed by atoms with Crippen LogP contribution in [0.2, 0.25) is 0 Å². The van der Waals surface area contributed by atoms with Gasteiger partial charge < -0.3 is 5.32 Å². The molecule has 19 heavy (non-hydrogen) atoms. The number of hydrogen-bond acceptors (Lipinski definition) is 4. The van der Waals surface area contributed by atoms with Crippen LogP contribution in [0.1, 0.15) is 42.8 Å². The van der Waals surface area contributed by atoms with E-state index in [-0.39, 0.29) is 0 Å². The van der Waals surface area contributed by atoms with Crippen LogP contribution >= 0.6 is 11.3 Å². The molecule has 106 valence electrons. The zero-order valence-corrected chi connectivity index (χ0v) is 12.8. The van der Waals surface area contributed by atoms with E-state index in [1.807, 2.05) is 0 Å². The molecule has 4 heteroatoms. The molecule has 1 spiro atoms. The lowest BCUT2D eigenvalue weighted by atomic mass is 9.80. The van der Waals surface area contributed by atoms with E-state index in [1.165, 1.54) is 62.4 Å². The van der Waals surface area contributed by atoms with E-state index in [1.54, 1.807) is 11.3 Å². The number of nitrogens with one attached hydrogen (secondary N) is 1. The average molecular weight is 279 g/mol. The van der Waals surface area contributed by atoms with Crippen LogP contribution in [0.25, 0.3) is 0 Å². The fourth-order valence-corrected chi connectivity index (χ4v) is 4.24. The van der Waals surface area contributed by atoms with Gasteiger partial charge >= 0.3 is 0 Å². The molecule has 1 aromatic heterocycles. The topological polar surface area (TPSA) is 28.2 Å². The normalized spacial score (nSPS) is 23.8. The lowest BCUT2D eigenvalue weighted by Gasteiger charge is -2.46. The van der Waals surface area contributed by atoms with Crippen molar-refractivity contribution in [2.75, 3.05) is 26.2 Å². The number of nitrogens with zero attached hydrogens (tertiary/aromatic N) is 2. The Balaban J connectivity index is 1.53. The molecule has 2 heterocycles. The lowest BCUT2D eigenvalue weighted by Crippen LogP contribution is -2.61. The summed E-state index contributed by atoms with van der Waals surface area (Å²) in [7, 11) is 0. The van der Waals surface area contributed by atoms with Crippen molar-refractivity contribution in [1.29, 1.82) is 0 Å². The number of aryl methyl sites for hydroxylation is 1. The molecule has 0 atom stereocenters. The van der Waals surface area contributed by atoms with E-state index in [4.69, 9.17) is 0 Å². The van der Waals surface area contributed by atoms with Crippen molar-refractivity contribution in [3.05, 3.63) is 16.1 Å². The summed E-state index contributed by atoms with van der Waals surface area (Å²) in [6.07, 6.45) is 8.11. The molecule has 0 aromatic carbocycles. The van der Waals surface area contributed by atoms with E-state index in [9.17, 15) is 0 Å². The molecule has 2 aliphatic rings. The van der Waals surface area contributed by atoms with Crippen molar-refractivity contribution in [2.24, 2.45) is 0 Å². The number of rotatable bonds is 3. The zero-order chi connectivity index (χ0) is 13.1. The van der Waals surface area contributed by atoms with Gasteiger partial charge in [0, 0.05) is 43.5 Å². The molecule has 0 radical (unpaired) electrons. The summed E-state index contributed by atoms with van der Waals surface area (Å²) in [6.45, 7) is 6.87. The molecule has 0 amide bonds. The van der Waals surface area contributed by atoms with E-state index in [2.05, 4.69) is 27.5 Å². The van der Waals surface area contributed by atoms with Crippen LogP contribution < -0.4 is 5.32 Å². The minimum atomic E-state index is 0.439. The summed E-state index contributed by atoms with van der Waals surface area (Å²) in [6, 6.07) is 0. The van der Waals surface area contributed by atoms with Gasteiger partial charge in [0.05, 0.1) is 10.7 Å². The predicted molar refractivity (Wildman–Crippen MR) is 80.8 cm³/mol. The Labute approximate surface area is 120 Å². The standard InChI is InChI=1S/C15H25N3S/c1-13-17-14(11-19-13)5-9-18-10-8-16-15(12-18)6-3-2-4-7-15/h11,16H,2-10,12H2,1H3. The first kappa shape index (κ1) is 13.5. The minimum Gasteiger partial charge on any atom is -0.309 e. The molecular weight excluding hydrogens is 254 g/mol. The van der Waals surface area contributed by atoms with E-state index >= 15 is 0 Å². The summed E-state index contributed by atoms with van der Waals surface area (Å²) in [4.78, 5) is 7.22. The molecule has 1 aliphatic heterocycles. The SMILES string of the molecule is Cc1nc(CCN2CCNC3(CCCCC3)C2)cs1. The Morgan fingerprint density at radius 3 is 2.95 bits per heavy atom. The fourth-order valence-electron chi connectivity index (χ4n) is 3.59. The number of thiazole rings is 1. The second kappa shape index (κ2) is 5.90. The van der Waals surface area contributed by atoms with Crippen LogP contribution in [-0.2, 0) is 6.42 Å². The van der Waals surface area contributed by atoms with Crippen LogP contribution in [0.4, 0.5) is 0 Å². The van der Waals surface area contributed by atoms with Crippen molar-refractivity contribution in [2.45, 2.75) is 51.0 Å². The number of piperazine rings is 1. The summed E-state index contributed by atoms with van der Waals surface area (Å²) in [5.41, 5.74) is 1.72. The molecule has 1 saturated carbocycles. The Morgan fingerprint density at radius 1 is 1.37 bits per heavy atom. The van der Waals surface area contributed by atoms with Crippen LogP contribution in [0.5, 0.6) is 0 Å². The van der Waals surface area contributed by atoms with E-state index < -0.39 is 0 Å². The average Bonchev–Trinajstić information content (AvgIpc) is 2.83. The molecule has 1 saturated heterocycles. The maximum atomic E-state index is 4.58. The second-order valence-corrected chi connectivity index (χ2v) is 7.21. The molecule has 3 nitrogen and oxygen atoms in total. The predicted octanol–water partition coefficient (Wildman–Crippen LogP) is 2.60. The quantitative estimate of drug-likeness (QED) is 0.922. The smallest absolute Gasteiger partial charge is 0.0897 e. The number of aromatic nitrogens is 1. The highest BCUT2D eigenvalue weighted by Gasteiger charge is 2.35. The Morgan fingerprint density at radius 2 is 2.21 bits per heavy atom. The maximum absolute atomic E-state index is 4.58. The van der Waals surface area contributed by atoms with Gasteiger partial charge in [0.2, 0.25) is 0 Å². The monoisotopic (exact) mass is 279 g/mol. The van der Waals surface area contributed by atoms with E-state index in [0.29, 0.717) is 5.54 Å². The van der Waals surface area contributed by atoms with Crippen LogP contribution in [0, 0.1) is 6.92 Å². The van der Waals surface area contributed by atoms with Gasteiger partial charge in [-0.1, -0.05) is 19.3 Å². The molecule has 1 aliphatic carbocycles. The fraction of sp³-hybridized carbons (Fsp3) is 0.800. The largest absolute Gasteiger partial charge is 0.309 e. The minimum absolute atomic E-state index is 0.439. The lowest BCUT2D eigenvalue weighted by molar-refractivity contribution is 0.100. The van der Waals surface area contributed by atoms with Gasteiger partial charge in [-0.2, -0.15) is 0 Å². The van der Waals surface area contributed by atoms with Crippen molar-refractivity contribution < 1.29 is 0 Å². The highest BCUT2D eigenvalue weighted by molar-refractivity contribution is 7.09. The molecule has 3 rings (SSSR count). The van der Waals surface area contributed by atoms with Crippen molar-refractivity contribution >= 4 is 11.3 Å². The highest BCUT2D eigenvalue weighted by Crippen LogP contribution is 2.30. The van der Waals surface area contributed by atoms with Crippen molar-refractivity contribution in [3.8, 4) is 0 Å². The summed E-state index contributed by atoms with van der Waals surface area (Å²) in [5.74, 6) is 0. The van der Waals surface area contributed by atoms with Crippen molar-refractivity contribution in [1.82, 2.24) is 15.2 Å². The molecule has 2 fully saturated rings. The van der Waals surface area contributed by atoms with Crippen LogP contribution in [0.3, 0.4) is 0 Å². The maximum Gasteiger partial charge on any atom is 0.0897 e. The van der Waals surface area contributed by atoms with Crippen LogP contribution in [-0.4, -0.2) is 41.6 Å². The zero-order valence-electron chi connectivity index (χ0n) is 12.0. The number of hydrogen-bond donors (Lipinski definition) is 1. The van der Waals surface area contributed by atoms with Crippen LogP contribution in [0.15, 0.2) is 5.38 Å². The summed E-state index contributed by atoms with van der Waals surface area (Å²) >= 11 is 1.77. The third-order valence-electron chi connectivity index (χ3n) is 4.62. The van der Waals surface area contributed by atoms with Gasteiger partial charge in [0.1, 0.15) is 0 Å². The Bertz CT molecular complexity index is 404. The van der Waals surface area contributed by atoms with Gasteiger partial charge in [0.15, 0.2) is 0 Å². The van der Waals surface area contributed by atoms with Crippen molar-refractivity contribution in [3.63, 3.8) is 0 Å². The van der Waals surface area contributed by atoms with Gasteiger partial charge in [-0.25, -0.2) is 4.98 Å². The third-order valence-corrected chi connectivity index (χ3v) is 5.44. The molecular formula is C15H25N3S.